The molecule has 0 aliphatic carbocycles. The van der Waals surface area contributed by atoms with Crippen molar-refractivity contribution in [2.24, 2.45) is 5.41 Å². The molecule has 0 saturated carbocycles. The van der Waals surface area contributed by atoms with Crippen molar-refractivity contribution in [2.45, 2.75) is 46.5 Å². The first kappa shape index (κ1) is 14.8. The molecule has 1 aliphatic heterocycles. The van der Waals surface area contributed by atoms with E-state index in [-0.39, 0.29) is 12.8 Å². The van der Waals surface area contributed by atoms with Gasteiger partial charge in [-0.15, -0.1) is 0 Å². The van der Waals surface area contributed by atoms with Crippen LogP contribution < -0.4 is 0 Å². The molecule has 0 aromatic carbocycles. The Bertz CT molecular complexity index is 288. The van der Waals surface area contributed by atoms with E-state index < -0.39 is 11.5 Å². The van der Waals surface area contributed by atoms with Gasteiger partial charge < -0.3 is 14.4 Å². The zero-order valence-corrected chi connectivity index (χ0v) is 11.5. The standard InChI is InChI=1S/C13H23NO4/c1-13(2,3)11(15)17-10-18-12(16)14-8-6-4-5-7-9-14/h4-10H2,1-3H3. The highest BCUT2D eigenvalue weighted by Gasteiger charge is 2.24. The number of nitrogens with zero attached hydrogens (tertiary/aromatic N) is 1. The Hall–Kier alpha value is -1.26. The zero-order valence-electron chi connectivity index (χ0n) is 11.5. The lowest BCUT2D eigenvalue weighted by molar-refractivity contribution is -0.161. The van der Waals surface area contributed by atoms with Crippen LogP contribution in [0.25, 0.3) is 0 Å². The SMILES string of the molecule is CC(C)(C)C(=O)OCOC(=O)N1CCCCCC1. The van der Waals surface area contributed by atoms with Gasteiger partial charge in [0.2, 0.25) is 6.79 Å². The molecule has 1 aliphatic rings. The van der Waals surface area contributed by atoms with E-state index in [0.717, 1.165) is 38.8 Å². The van der Waals surface area contributed by atoms with E-state index in [2.05, 4.69) is 0 Å². The van der Waals surface area contributed by atoms with Crippen molar-refractivity contribution >= 4 is 12.1 Å². The molecule has 0 radical (unpaired) electrons. The van der Waals surface area contributed by atoms with Crippen molar-refractivity contribution < 1.29 is 19.1 Å². The molecule has 0 aromatic heterocycles. The van der Waals surface area contributed by atoms with Gasteiger partial charge in [0.1, 0.15) is 0 Å². The fourth-order valence-electron chi connectivity index (χ4n) is 1.69. The number of hydrogen-bond acceptors (Lipinski definition) is 4. The summed E-state index contributed by atoms with van der Waals surface area (Å²) in [5, 5.41) is 0. The topological polar surface area (TPSA) is 55.8 Å². The van der Waals surface area contributed by atoms with Crippen molar-refractivity contribution in [3.05, 3.63) is 0 Å². The monoisotopic (exact) mass is 257 g/mol. The zero-order chi connectivity index (χ0) is 13.6. The van der Waals surface area contributed by atoms with Gasteiger partial charge in [-0.25, -0.2) is 4.79 Å². The minimum absolute atomic E-state index is 0.300. The van der Waals surface area contributed by atoms with Crippen LogP contribution in [0.5, 0.6) is 0 Å². The first-order valence-electron chi connectivity index (χ1n) is 6.50. The van der Waals surface area contributed by atoms with Crippen LogP contribution in [0.1, 0.15) is 46.5 Å². The van der Waals surface area contributed by atoms with Crippen LogP contribution in [-0.4, -0.2) is 36.8 Å². The van der Waals surface area contributed by atoms with E-state index in [1.807, 2.05) is 0 Å². The highest BCUT2D eigenvalue weighted by atomic mass is 16.7. The van der Waals surface area contributed by atoms with Crippen LogP contribution in [0, 0.1) is 5.41 Å². The number of ether oxygens (including phenoxy) is 2. The lowest BCUT2D eigenvalue weighted by atomic mass is 9.98. The lowest BCUT2D eigenvalue weighted by Gasteiger charge is -2.20. The second-order valence-electron chi connectivity index (χ2n) is 5.61. The third-order valence-electron chi connectivity index (χ3n) is 2.85. The first-order chi connectivity index (χ1) is 8.41. The summed E-state index contributed by atoms with van der Waals surface area (Å²) in [5.74, 6) is -0.369. The smallest absolute Gasteiger partial charge is 0.412 e. The fourth-order valence-corrected chi connectivity index (χ4v) is 1.69. The van der Waals surface area contributed by atoms with Crippen molar-refractivity contribution in [1.82, 2.24) is 4.90 Å². The van der Waals surface area contributed by atoms with Gasteiger partial charge in [-0.05, 0) is 33.6 Å². The minimum Gasteiger partial charge on any atom is -0.427 e. The molecule has 0 spiro atoms. The molecule has 0 N–H and O–H groups in total. The van der Waals surface area contributed by atoms with Crippen LogP contribution in [0.4, 0.5) is 4.79 Å². The van der Waals surface area contributed by atoms with Crippen molar-refractivity contribution in [3.63, 3.8) is 0 Å². The van der Waals surface area contributed by atoms with Gasteiger partial charge in [0.25, 0.3) is 0 Å². The van der Waals surface area contributed by atoms with Crippen LogP contribution in [0.2, 0.25) is 0 Å². The maximum Gasteiger partial charge on any atom is 0.412 e. The molecule has 1 amide bonds. The molecule has 1 saturated heterocycles. The Labute approximate surface area is 108 Å². The molecule has 18 heavy (non-hydrogen) atoms. The third kappa shape index (κ3) is 4.94. The molecular weight excluding hydrogens is 234 g/mol. The summed E-state index contributed by atoms with van der Waals surface area (Å²) in [6, 6.07) is 0. The molecule has 104 valence electrons. The van der Waals surface area contributed by atoms with Crippen LogP contribution in [0.3, 0.4) is 0 Å². The summed E-state index contributed by atoms with van der Waals surface area (Å²) < 4.78 is 9.84. The van der Waals surface area contributed by atoms with Gasteiger partial charge in [0, 0.05) is 13.1 Å². The number of rotatable bonds is 2. The Morgan fingerprint density at radius 2 is 1.56 bits per heavy atom. The fraction of sp³-hybridized carbons (Fsp3) is 0.846. The summed E-state index contributed by atoms with van der Waals surface area (Å²) in [7, 11) is 0. The summed E-state index contributed by atoms with van der Waals surface area (Å²) in [5.41, 5.74) is -0.574. The average molecular weight is 257 g/mol. The Morgan fingerprint density at radius 1 is 1.00 bits per heavy atom. The van der Waals surface area contributed by atoms with Crippen LogP contribution in [0.15, 0.2) is 0 Å². The van der Waals surface area contributed by atoms with E-state index in [9.17, 15) is 9.59 Å². The third-order valence-corrected chi connectivity index (χ3v) is 2.85. The van der Waals surface area contributed by atoms with E-state index in [0.29, 0.717) is 0 Å². The predicted molar refractivity (Wildman–Crippen MR) is 66.9 cm³/mol. The van der Waals surface area contributed by atoms with Crippen molar-refractivity contribution in [2.75, 3.05) is 19.9 Å². The minimum atomic E-state index is -0.574. The van der Waals surface area contributed by atoms with E-state index in [1.54, 1.807) is 25.7 Å². The highest BCUT2D eigenvalue weighted by Crippen LogP contribution is 2.15. The van der Waals surface area contributed by atoms with Crippen molar-refractivity contribution in [3.8, 4) is 0 Å². The summed E-state index contributed by atoms with van der Waals surface area (Å²) in [4.78, 5) is 24.8. The number of amides is 1. The number of carbonyl (C=O) groups is 2. The Balaban J connectivity index is 2.26. The maximum atomic E-state index is 11.7. The summed E-state index contributed by atoms with van der Waals surface area (Å²) >= 11 is 0. The van der Waals surface area contributed by atoms with E-state index in [4.69, 9.17) is 9.47 Å². The summed E-state index contributed by atoms with van der Waals surface area (Å²) in [6.45, 7) is 6.42. The first-order valence-corrected chi connectivity index (χ1v) is 6.50. The second-order valence-corrected chi connectivity index (χ2v) is 5.61. The normalized spacial score (nSPS) is 16.9. The predicted octanol–water partition coefficient (Wildman–Crippen LogP) is 2.55. The van der Waals surface area contributed by atoms with Crippen LogP contribution >= 0.6 is 0 Å². The number of likely N-dealkylation sites (tertiary alicyclic amines) is 1. The van der Waals surface area contributed by atoms with Crippen molar-refractivity contribution in [1.29, 1.82) is 0 Å². The molecule has 0 unspecified atom stereocenters. The van der Waals surface area contributed by atoms with E-state index >= 15 is 0 Å². The number of carbonyl (C=O) groups excluding carboxylic acids is 2. The molecule has 5 nitrogen and oxygen atoms in total. The lowest BCUT2D eigenvalue weighted by Crippen LogP contribution is -2.33. The molecule has 1 fully saturated rings. The second kappa shape index (κ2) is 6.61. The number of esters is 1. The van der Waals surface area contributed by atoms with Crippen LogP contribution in [-0.2, 0) is 14.3 Å². The van der Waals surface area contributed by atoms with Gasteiger partial charge in [-0.1, -0.05) is 12.8 Å². The molecule has 5 heteroatoms. The van der Waals surface area contributed by atoms with Gasteiger partial charge in [-0.3, -0.25) is 4.79 Å². The van der Waals surface area contributed by atoms with Gasteiger partial charge in [0.05, 0.1) is 5.41 Å². The largest absolute Gasteiger partial charge is 0.427 e. The molecule has 0 atom stereocenters. The van der Waals surface area contributed by atoms with Gasteiger partial charge in [0.15, 0.2) is 0 Å². The molecule has 1 heterocycles. The molecule has 1 rings (SSSR count). The molecular formula is C13H23NO4. The summed E-state index contributed by atoms with van der Waals surface area (Å²) in [6.07, 6.45) is 3.94. The molecule has 0 bridgehead atoms. The maximum absolute atomic E-state index is 11.7. The quantitative estimate of drug-likeness (QED) is 0.563. The Kier molecular flexibility index (Phi) is 5.44. The molecule has 0 aromatic rings. The number of hydrogen-bond donors (Lipinski definition) is 0. The Morgan fingerprint density at radius 3 is 2.06 bits per heavy atom. The highest BCUT2D eigenvalue weighted by molar-refractivity contribution is 5.75. The van der Waals surface area contributed by atoms with E-state index in [1.165, 1.54) is 0 Å². The van der Waals surface area contributed by atoms with Gasteiger partial charge >= 0.3 is 12.1 Å². The average Bonchev–Trinajstić information content (AvgIpc) is 2.55. The van der Waals surface area contributed by atoms with Gasteiger partial charge in [-0.2, -0.15) is 0 Å².